The number of hydrogen-bond acceptors (Lipinski definition) is 7. The van der Waals surface area contributed by atoms with Crippen LogP contribution in [-0.2, 0) is 50.1 Å². The zero-order valence-electron chi connectivity index (χ0n) is 18.4. The van der Waals surface area contributed by atoms with Gasteiger partial charge in [-0.2, -0.15) is 0 Å². The van der Waals surface area contributed by atoms with E-state index in [4.69, 9.17) is 23.7 Å². The number of phenols is 2. The van der Waals surface area contributed by atoms with Gasteiger partial charge in [-0.3, -0.25) is 0 Å². The van der Waals surface area contributed by atoms with Crippen LogP contribution in [0.3, 0.4) is 0 Å². The normalized spacial score (nSPS) is 12.3. The molecule has 2 rings (SSSR count). The topological polar surface area (TPSA) is 86.6 Å². The molecule has 0 heterocycles. The molecule has 0 aliphatic carbocycles. The zero-order chi connectivity index (χ0) is 22.1. The van der Waals surface area contributed by atoms with E-state index in [-0.39, 0.29) is 44.0 Å². The van der Waals surface area contributed by atoms with Gasteiger partial charge in [0.05, 0.1) is 39.1 Å². The van der Waals surface area contributed by atoms with Gasteiger partial charge in [-0.05, 0) is 42.3 Å². The van der Waals surface area contributed by atoms with Crippen molar-refractivity contribution >= 4 is 0 Å². The average Bonchev–Trinajstić information content (AvgIpc) is 2.72. The third-order valence-electron chi connectivity index (χ3n) is 4.69. The largest absolute Gasteiger partial charge is 0.507 e. The number of hydrogen-bond donors (Lipinski definition) is 2. The summed E-state index contributed by atoms with van der Waals surface area (Å²) in [6.07, 6.45) is -0.112. The van der Waals surface area contributed by atoms with Gasteiger partial charge in [0.15, 0.2) is 0 Å². The molecule has 166 valence electrons. The third kappa shape index (κ3) is 6.17. The van der Waals surface area contributed by atoms with Gasteiger partial charge < -0.3 is 33.9 Å². The Kier molecular flexibility index (Phi) is 9.55. The second kappa shape index (κ2) is 11.9. The molecule has 7 nitrogen and oxygen atoms in total. The number of phenolic OH excluding ortho intramolecular Hbond substituents is 2. The average molecular weight is 421 g/mol. The van der Waals surface area contributed by atoms with Crippen molar-refractivity contribution in [2.45, 2.75) is 39.5 Å². The molecule has 30 heavy (non-hydrogen) atoms. The zero-order valence-corrected chi connectivity index (χ0v) is 18.4. The molecule has 2 N–H and O–H groups in total. The number of methoxy groups -OCH3 is 4. The summed E-state index contributed by atoms with van der Waals surface area (Å²) in [5, 5.41) is 21.2. The maximum atomic E-state index is 10.7. The summed E-state index contributed by atoms with van der Waals surface area (Å²) in [4.78, 5) is 0. The first-order chi connectivity index (χ1) is 14.4. The lowest BCUT2D eigenvalue weighted by Crippen LogP contribution is -2.14. The van der Waals surface area contributed by atoms with E-state index in [0.717, 1.165) is 11.1 Å². The van der Waals surface area contributed by atoms with Gasteiger partial charge in [-0.25, -0.2) is 0 Å². The fourth-order valence-corrected chi connectivity index (χ4v) is 3.27. The molecule has 0 aliphatic heterocycles. The lowest BCUT2D eigenvalue weighted by atomic mass is 9.95. The summed E-state index contributed by atoms with van der Waals surface area (Å²) in [7, 11) is 6.36. The summed E-state index contributed by atoms with van der Waals surface area (Å²) >= 11 is 0. The molecule has 7 heteroatoms. The van der Waals surface area contributed by atoms with Crippen LogP contribution in [-0.4, -0.2) is 51.4 Å². The van der Waals surface area contributed by atoms with Crippen LogP contribution >= 0.6 is 0 Å². The quantitative estimate of drug-likeness (QED) is 0.541. The first-order valence-corrected chi connectivity index (χ1v) is 9.72. The van der Waals surface area contributed by atoms with Crippen molar-refractivity contribution < 1.29 is 33.9 Å². The monoisotopic (exact) mass is 420 g/mol. The smallest absolute Gasteiger partial charge is 0.126 e. The van der Waals surface area contributed by atoms with Crippen LogP contribution in [0.5, 0.6) is 11.5 Å². The highest BCUT2D eigenvalue weighted by Crippen LogP contribution is 2.35. The molecule has 0 spiro atoms. The molecule has 1 unspecified atom stereocenters. The molecular formula is C23H32O7. The van der Waals surface area contributed by atoms with Gasteiger partial charge in [0, 0.05) is 50.7 Å². The third-order valence-corrected chi connectivity index (χ3v) is 4.69. The summed E-state index contributed by atoms with van der Waals surface area (Å²) in [5.41, 5.74) is 4.37. The highest BCUT2D eigenvalue weighted by atomic mass is 16.5. The van der Waals surface area contributed by atoms with Crippen LogP contribution in [0, 0.1) is 0 Å². The Morgan fingerprint density at radius 1 is 0.633 bits per heavy atom. The first kappa shape index (κ1) is 24.1. The van der Waals surface area contributed by atoms with E-state index in [9.17, 15) is 10.2 Å². The SMILES string of the molecule is COCc1cc(-c2cc(COC)c(O)c(COC(C)COC)c2)cc(COC)c1O. The van der Waals surface area contributed by atoms with Crippen LogP contribution in [0.4, 0.5) is 0 Å². The fourth-order valence-electron chi connectivity index (χ4n) is 3.27. The van der Waals surface area contributed by atoms with E-state index in [2.05, 4.69) is 0 Å². The standard InChI is InChI=1S/C23H32O7/c1-15(10-26-2)30-14-21-9-17(8-20(13-29-5)23(21)25)16-6-18(11-27-3)22(24)19(7-16)12-28-4/h6-9,15,24-25H,10-14H2,1-5H3. The highest BCUT2D eigenvalue weighted by molar-refractivity contribution is 5.70. The minimum atomic E-state index is -0.112. The Labute approximate surface area is 178 Å². The highest BCUT2D eigenvalue weighted by Gasteiger charge is 2.16. The van der Waals surface area contributed by atoms with Crippen molar-refractivity contribution in [3.8, 4) is 22.6 Å². The molecule has 0 fully saturated rings. The van der Waals surface area contributed by atoms with Crippen LogP contribution < -0.4 is 0 Å². The molecule has 1 atom stereocenters. The molecule has 0 saturated heterocycles. The van der Waals surface area contributed by atoms with Crippen molar-refractivity contribution in [2.75, 3.05) is 35.0 Å². The molecular weight excluding hydrogens is 388 g/mol. The predicted octanol–water partition coefficient (Wildman–Crippen LogP) is 3.76. The predicted molar refractivity (Wildman–Crippen MR) is 113 cm³/mol. The van der Waals surface area contributed by atoms with Gasteiger partial charge in [0.2, 0.25) is 0 Å². The van der Waals surface area contributed by atoms with Crippen LogP contribution in [0.2, 0.25) is 0 Å². The van der Waals surface area contributed by atoms with Crippen molar-refractivity contribution in [1.29, 1.82) is 0 Å². The van der Waals surface area contributed by atoms with E-state index < -0.39 is 0 Å². The van der Waals surface area contributed by atoms with Crippen molar-refractivity contribution in [3.63, 3.8) is 0 Å². The van der Waals surface area contributed by atoms with Crippen molar-refractivity contribution in [1.82, 2.24) is 0 Å². The van der Waals surface area contributed by atoms with E-state index in [0.29, 0.717) is 28.9 Å². The molecule has 0 aromatic heterocycles. The Bertz CT molecular complexity index is 792. The molecule has 0 radical (unpaired) electrons. The Balaban J connectivity index is 2.51. The Morgan fingerprint density at radius 3 is 1.33 bits per heavy atom. The van der Waals surface area contributed by atoms with Crippen molar-refractivity contribution in [2.24, 2.45) is 0 Å². The van der Waals surface area contributed by atoms with Gasteiger partial charge in [0.1, 0.15) is 11.5 Å². The van der Waals surface area contributed by atoms with Gasteiger partial charge >= 0.3 is 0 Å². The summed E-state index contributed by atoms with van der Waals surface area (Å²) in [6, 6.07) is 7.51. The van der Waals surface area contributed by atoms with Crippen LogP contribution in [0.15, 0.2) is 24.3 Å². The minimum absolute atomic E-state index is 0.112. The first-order valence-electron chi connectivity index (χ1n) is 9.72. The molecule has 0 amide bonds. The maximum absolute atomic E-state index is 10.7. The van der Waals surface area contributed by atoms with Gasteiger partial charge in [-0.1, -0.05) is 0 Å². The summed E-state index contributed by atoms with van der Waals surface area (Å²) < 4.78 is 26.6. The number of rotatable bonds is 12. The molecule has 0 bridgehead atoms. The molecule has 0 saturated carbocycles. The fraction of sp³-hybridized carbons (Fsp3) is 0.478. The van der Waals surface area contributed by atoms with Crippen LogP contribution in [0.1, 0.15) is 29.2 Å². The van der Waals surface area contributed by atoms with E-state index in [1.165, 1.54) is 0 Å². The van der Waals surface area contributed by atoms with Gasteiger partial charge in [0.25, 0.3) is 0 Å². The van der Waals surface area contributed by atoms with E-state index in [1.54, 1.807) is 28.4 Å². The summed E-state index contributed by atoms with van der Waals surface area (Å²) in [6.45, 7) is 3.40. The minimum Gasteiger partial charge on any atom is -0.507 e. The second-order valence-electron chi connectivity index (χ2n) is 7.16. The van der Waals surface area contributed by atoms with Crippen molar-refractivity contribution in [3.05, 3.63) is 46.5 Å². The summed E-state index contributed by atoms with van der Waals surface area (Å²) in [5.74, 6) is 0.313. The lowest BCUT2D eigenvalue weighted by molar-refractivity contribution is -0.000790. The number of aromatic hydroxyl groups is 2. The Morgan fingerprint density at radius 2 is 1.00 bits per heavy atom. The van der Waals surface area contributed by atoms with E-state index >= 15 is 0 Å². The second-order valence-corrected chi connectivity index (χ2v) is 7.16. The number of ether oxygens (including phenoxy) is 5. The molecule has 2 aromatic carbocycles. The van der Waals surface area contributed by atoms with E-state index in [1.807, 2.05) is 31.2 Å². The maximum Gasteiger partial charge on any atom is 0.126 e. The molecule has 0 aliphatic rings. The Hall–Kier alpha value is -2.16. The van der Waals surface area contributed by atoms with Gasteiger partial charge in [-0.15, -0.1) is 0 Å². The van der Waals surface area contributed by atoms with Crippen LogP contribution in [0.25, 0.3) is 11.1 Å². The molecule has 2 aromatic rings. The lowest BCUT2D eigenvalue weighted by Gasteiger charge is -2.17. The number of benzene rings is 2.